The maximum Gasteiger partial charge on any atom is 0.261 e. The molecule has 0 amide bonds. The van der Waals surface area contributed by atoms with Crippen molar-refractivity contribution in [3.8, 4) is 0 Å². The van der Waals surface area contributed by atoms with Crippen molar-refractivity contribution in [2.45, 2.75) is 62.7 Å². The Morgan fingerprint density at radius 3 is 2.36 bits per heavy atom. The van der Waals surface area contributed by atoms with E-state index in [0.717, 1.165) is 0 Å². The molecule has 152 valence electrons. The monoisotopic (exact) mass is 398 g/mol. The van der Waals surface area contributed by atoms with Crippen LogP contribution in [-0.4, -0.2) is 21.8 Å². The molecule has 2 saturated carbocycles. The lowest BCUT2D eigenvalue weighted by molar-refractivity contribution is -0.0840. The number of halogens is 4. The maximum absolute atomic E-state index is 14.2. The van der Waals surface area contributed by atoms with E-state index in [1.54, 1.807) is 0 Å². The topological polar surface area (TPSA) is 65.7 Å². The van der Waals surface area contributed by atoms with Gasteiger partial charge in [0, 0.05) is 49.6 Å². The van der Waals surface area contributed by atoms with Crippen molar-refractivity contribution in [2.75, 3.05) is 0 Å². The zero-order valence-electron chi connectivity index (χ0n) is 15.2. The Labute approximate surface area is 158 Å². The molecule has 2 aromatic rings. The number of hydrogen-bond acceptors (Lipinski definition) is 2. The van der Waals surface area contributed by atoms with Gasteiger partial charge in [-0.3, -0.25) is 9.59 Å². The summed E-state index contributed by atoms with van der Waals surface area (Å²) in [5.74, 6) is -6.43. The van der Waals surface area contributed by atoms with Gasteiger partial charge in [-0.2, -0.15) is 0 Å². The molecule has 2 heterocycles. The van der Waals surface area contributed by atoms with Gasteiger partial charge in [0.25, 0.3) is 5.56 Å². The number of nitrogens with one attached hydrogen (secondary N) is 2. The Morgan fingerprint density at radius 1 is 0.964 bits per heavy atom. The summed E-state index contributed by atoms with van der Waals surface area (Å²) in [5, 5.41) is -0.0392. The molecule has 2 atom stereocenters. The van der Waals surface area contributed by atoms with Gasteiger partial charge in [-0.15, -0.1) is 0 Å². The lowest BCUT2D eigenvalue weighted by Crippen LogP contribution is -2.38. The van der Waals surface area contributed by atoms with Crippen molar-refractivity contribution in [2.24, 2.45) is 11.8 Å². The molecule has 0 aliphatic heterocycles. The Kier molecular flexibility index (Phi) is 4.62. The molecular weight excluding hydrogens is 376 g/mol. The van der Waals surface area contributed by atoms with Crippen LogP contribution in [0.1, 0.15) is 56.6 Å². The van der Waals surface area contributed by atoms with E-state index in [2.05, 4.69) is 9.97 Å². The van der Waals surface area contributed by atoms with E-state index in [1.165, 1.54) is 18.3 Å². The summed E-state index contributed by atoms with van der Waals surface area (Å²) in [6, 6.07) is 2.76. The Balaban J connectivity index is 1.72. The van der Waals surface area contributed by atoms with Crippen LogP contribution >= 0.6 is 0 Å². The predicted octanol–water partition coefficient (Wildman–Crippen LogP) is 4.56. The van der Waals surface area contributed by atoms with Gasteiger partial charge in [-0.1, -0.05) is 0 Å². The van der Waals surface area contributed by atoms with Crippen LogP contribution in [0.3, 0.4) is 0 Å². The van der Waals surface area contributed by atoms with E-state index in [0.29, 0.717) is 24.1 Å². The highest BCUT2D eigenvalue weighted by molar-refractivity contribution is 5.77. The largest absolute Gasteiger partial charge is 0.358 e. The number of fused-ring (bicyclic) bond motifs is 1. The molecule has 2 aromatic heterocycles. The zero-order valence-corrected chi connectivity index (χ0v) is 15.2. The SMILES string of the molecule is O=c1cc(C2CC(F)(F)CC[C@H]2C2CCC(F)(F)CC2)[nH]c2cc[nH]c(=O)c12. The van der Waals surface area contributed by atoms with Gasteiger partial charge >= 0.3 is 0 Å². The molecular formula is C20H22F4N2O2. The first-order chi connectivity index (χ1) is 13.2. The predicted molar refractivity (Wildman–Crippen MR) is 97.1 cm³/mol. The highest BCUT2D eigenvalue weighted by Gasteiger charge is 2.47. The fraction of sp³-hybridized carbons (Fsp3) is 0.600. The minimum atomic E-state index is -2.86. The second-order valence-electron chi connectivity index (χ2n) is 8.25. The molecule has 4 rings (SSSR count). The van der Waals surface area contributed by atoms with Crippen molar-refractivity contribution in [3.63, 3.8) is 0 Å². The van der Waals surface area contributed by atoms with E-state index in [1.807, 2.05) is 0 Å². The van der Waals surface area contributed by atoms with Gasteiger partial charge in [-0.05, 0) is 37.2 Å². The second kappa shape index (κ2) is 6.74. The van der Waals surface area contributed by atoms with Crippen LogP contribution in [0.25, 0.3) is 10.9 Å². The molecule has 2 N–H and O–H groups in total. The molecule has 2 fully saturated rings. The van der Waals surface area contributed by atoms with Crippen molar-refractivity contribution < 1.29 is 17.6 Å². The minimum absolute atomic E-state index is 0.0392. The summed E-state index contributed by atoms with van der Waals surface area (Å²) in [5.41, 5.74) is -0.391. The van der Waals surface area contributed by atoms with Gasteiger partial charge in [0.15, 0.2) is 5.43 Å². The van der Waals surface area contributed by atoms with Gasteiger partial charge in [-0.25, -0.2) is 17.6 Å². The third kappa shape index (κ3) is 3.61. The van der Waals surface area contributed by atoms with E-state index in [-0.39, 0.29) is 42.9 Å². The van der Waals surface area contributed by atoms with Crippen LogP contribution in [-0.2, 0) is 0 Å². The first-order valence-corrected chi connectivity index (χ1v) is 9.65. The molecule has 0 bridgehead atoms. The molecule has 2 aliphatic rings. The number of alkyl halides is 4. The summed E-state index contributed by atoms with van der Waals surface area (Å²) in [7, 11) is 0. The van der Waals surface area contributed by atoms with Crippen LogP contribution in [0.5, 0.6) is 0 Å². The van der Waals surface area contributed by atoms with Crippen LogP contribution in [0.2, 0.25) is 0 Å². The smallest absolute Gasteiger partial charge is 0.261 e. The lowest BCUT2D eigenvalue weighted by atomic mass is 9.65. The van der Waals surface area contributed by atoms with Crippen LogP contribution in [0.15, 0.2) is 27.9 Å². The normalized spacial score (nSPS) is 27.7. The molecule has 0 spiro atoms. The first kappa shape index (κ1) is 19.2. The van der Waals surface area contributed by atoms with Gasteiger partial charge in [0.05, 0.1) is 5.52 Å². The number of pyridine rings is 2. The van der Waals surface area contributed by atoms with Crippen molar-refractivity contribution in [1.29, 1.82) is 0 Å². The third-order valence-corrected chi connectivity index (χ3v) is 6.42. The van der Waals surface area contributed by atoms with E-state index < -0.39 is 35.2 Å². The highest BCUT2D eigenvalue weighted by Crippen LogP contribution is 2.51. The fourth-order valence-electron chi connectivity index (χ4n) is 4.98. The molecule has 28 heavy (non-hydrogen) atoms. The molecule has 2 aliphatic carbocycles. The van der Waals surface area contributed by atoms with E-state index >= 15 is 0 Å². The molecule has 1 unspecified atom stereocenters. The molecule has 0 aromatic carbocycles. The van der Waals surface area contributed by atoms with Crippen molar-refractivity contribution in [3.05, 3.63) is 44.6 Å². The zero-order chi connectivity index (χ0) is 20.1. The average Bonchev–Trinajstić information content (AvgIpc) is 2.61. The summed E-state index contributed by atoms with van der Waals surface area (Å²) >= 11 is 0. The van der Waals surface area contributed by atoms with Crippen molar-refractivity contribution >= 4 is 10.9 Å². The fourth-order valence-corrected chi connectivity index (χ4v) is 4.98. The third-order valence-electron chi connectivity index (χ3n) is 6.42. The van der Waals surface area contributed by atoms with Gasteiger partial charge < -0.3 is 9.97 Å². The van der Waals surface area contributed by atoms with Crippen molar-refractivity contribution in [1.82, 2.24) is 9.97 Å². The number of hydrogen-bond donors (Lipinski definition) is 2. The van der Waals surface area contributed by atoms with Crippen LogP contribution in [0, 0.1) is 11.8 Å². The molecule has 0 saturated heterocycles. The van der Waals surface area contributed by atoms with Gasteiger partial charge in [0.1, 0.15) is 5.39 Å². The Morgan fingerprint density at radius 2 is 1.64 bits per heavy atom. The summed E-state index contributed by atoms with van der Waals surface area (Å²) in [4.78, 5) is 29.8. The molecule has 0 radical (unpaired) electrons. The molecule has 4 nitrogen and oxygen atoms in total. The average molecular weight is 398 g/mol. The highest BCUT2D eigenvalue weighted by atomic mass is 19.3. The maximum atomic E-state index is 14.2. The van der Waals surface area contributed by atoms with E-state index in [9.17, 15) is 27.2 Å². The Bertz CT molecular complexity index is 988. The summed E-state index contributed by atoms with van der Waals surface area (Å²) in [6.45, 7) is 0. The van der Waals surface area contributed by atoms with Crippen LogP contribution < -0.4 is 11.0 Å². The Hall–Kier alpha value is -2.12. The first-order valence-electron chi connectivity index (χ1n) is 9.65. The minimum Gasteiger partial charge on any atom is -0.358 e. The quantitative estimate of drug-likeness (QED) is 0.729. The number of H-pyrrole nitrogens is 2. The second-order valence-corrected chi connectivity index (χ2v) is 8.25. The summed E-state index contributed by atoms with van der Waals surface area (Å²) in [6.07, 6.45) is 1.11. The number of aromatic nitrogens is 2. The van der Waals surface area contributed by atoms with Gasteiger partial charge in [0.2, 0.25) is 11.8 Å². The molecule has 8 heteroatoms. The van der Waals surface area contributed by atoms with E-state index in [4.69, 9.17) is 0 Å². The number of rotatable bonds is 2. The number of aromatic amines is 2. The summed E-state index contributed by atoms with van der Waals surface area (Å²) < 4.78 is 55.5. The lowest BCUT2D eigenvalue weighted by Gasteiger charge is -2.42. The van der Waals surface area contributed by atoms with Crippen LogP contribution in [0.4, 0.5) is 17.6 Å². The standard InChI is InChI=1S/C20H22F4N2O2/c21-19(22)5-1-11(2-6-19)12-3-7-20(23,24)10-13(12)15-9-16(27)17-14(26-15)4-8-25-18(17)28/h4,8-9,11-13H,1-3,5-7,10H2,(H,25,28)(H,26,27)/t12-,13?/m0/s1.